The summed E-state index contributed by atoms with van der Waals surface area (Å²) in [6.07, 6.45) is 2.23. The first-order valence-electron chi connectivity index (χ1n) is 4.98. The number of rotatable bonds is 2. The summed E-state index contributed by atoms with van der Waals surface area (Å²) in [4.78, 5) is 2.02. The smallest absolute Gasteiger partial charge is 0.122 e. The lowest BCUT2D eigenvalue weighted by atomic mass is 10.1. The van der Waals surface area contributed by atoms with Crippen molar-refractivity contribution < 1.29 is 4.74 Å². The molecule has 0 amide bonds. The molecule has 0 radical (unpaired) electrons. The van der Waals surface area contributed by atoms with Gasteiger partial charge in [-0.05, 0) is 36.6 Å². The summed E-state index contributed by atoms with van der Waals surface area (Å²) in [5.41, 5.74) is 8.04. The van der Waals surface area contributed by atoms with Gasteiger partial charge in [0.1, 0.15) is 5.75 Å². The van der Waals surface area contributed by atoms with Gasteiger partial charge in [0.15, 0.2) is 0 Å². The zero-order valence-electron chi connectivity index (χ0n) is 8.49. The van der Waals surface area contributed by atoms with Crippen molar-refractivity contribution in [2.24, 2.45) is 5.73 Å². The minimum absolute atomic E-state index is 0.541. The fraction of sp³-hybridized carbons (Fsp3) is 0.455. The zero-order valence-corrected chi connectivity index (χ0v) is 8.49. The van der Waals surface area contributed by atoms with Crippen molar-refractivity contribution in [3.8, 4) is 5.75 Å². The van der Waals surface area contributed by atoms with Crippen LogP contribution in [0.15, 0.2) is 18.2 Å². The summed E-state index contributed by atoms with van der Waals surface area (Å²) in [7, 11) is 1.99. The van der Waals surface area contributed by atoms with Crippen LogP contribution < -0.4 is 15.4 Å². The highest BCUT2D eigenvalue weighted by Gasteiger charge is 2.11. The topological polar surface area (TPSA) is 38.5 Å². The van der Waals surface area contributed by atoms with Crippen molar-refractivity contribution in [3.05, 3.63) is 23.8 Å². The molecule has 14 heavy (non-hydrogen) atoms. The molecule has 0 aliphatic carbocycles. The molecule has 0 atom stereocenters. The van der Waals surface area contributed by atoms with Gasteiger partial charge < -0.3 is 15.4 Å². The van der Waals surface area contributed by atoms with Crippen LogP contribution in [0.1, 0.15) is 12.0 Å². The summed E-state index contributed by atoms with van der Waals surface area (Å²) in [5.74, 6) is 1.03. The highest BCUT2D eigenvalue weighted by molar-refractivity contribution is 5.53. The monoisotopic (exact) mass is 192 g/mol. The van der Waals surface area contributed by atoms with Gasteiger partial charge in [0.25, 0.3) is 0 Å². The van der Waals surface area contributed by atoms with Crippen LogP contribution in [0.5, 0.6) is 5.75 Å². The predicted molar refractivity (Wildman–Crippen MR) is 57.7 cm³/mol. The summed E-state index contributed by atoms with van der Waals surface area (Å²) < 4.78 is 5.54. The fourth-order valence-electron chi connectivity index (χ4n) is 1.69. The first kappa shape index (κ1) is 9.34. The van der Waals surface area contributed by atoms with Crippen LogP contribution in [0.2, 0.25) is 0 Å². The SMILES string of the molecule is CN(CN)c1ccc2c(c1)CCCO2. The Morgan fingerprint density at radius 2 is 2.36 bits per heavy atom. The molecule has 1 aliphatic rings. The molecule has 1 aliphatic heterocycles. The van der Waals surface area contributed by atoms with Crippen LogP contribution in [-0.2, 0) is 6.42 Å². The molecule has 2 rings (SSSR count). The minimum atomic E-state index is 0.541. The number of hydrogen-bond donors (Lipinski definition) is 1. The Balaban J connectivity index is 2.29. The van der Waals surface area contributed by atoms with E-state index in [1.54, 1.807) is 0 Å². The molecule has 0 saturated heterocycles. The van der Waals surface area contributed by atoms with Crippen LogP contribution in [0.3, 0.4) is 0 Å². The van der Waals surface area contributed by atoms with E-state index in [-0.39, 0.29) is 0 Å². The van der Waals surface area contributed by atoms with E-state index in [9.17, 15) is 0 Å². The molecule has 76 valence electrons. The Hall–Kier alpha value is -1.22. The van der Waals surface area contributed by atoms with Gasteiger partial charge in [-0.1, -0.05) is 0 Å². The van der Waals surface area contributed by atoms with E-state index in [1.807, 2.05) is 18.0 Å². The molecule has 1 aromatic carbocycles. The van der Waals surface area contributed by atoms with Gasteiger partial charge in [0.2, 0.25) is 0 Å². The van der Waals surface area contributed by atoms with Gasteiger partial charge in [0.05, 0.1) is 13.3 Å². The molecule has 0 unspecified atom stereocenters. The summed E-state index contributed by atoms with van der Waals surface area (Å²) in [6.45, 7) is 1.39. The summed E-state index contributed by atoms with van der Waals surface area (Å²) >= 11 is 0. The van der Waals surface area contributed by atoms with E-state index in [0.717, 1.165) is 30.9 Å². The average Bonchev–Trinajstić information content (AvgIpc) is 2.27. The van der Waals surface area contributed by atoms with Crippen molar-refractivity contribution >= 4 is 5.69 Å². The van der Waals surface area contributed by atoms with Crippen LogP contribution in [-0.4, -0.2) is 20.3 Å². The number of benzene rings is 1. The van der Waals surface area contributed by atoms with Crippen LogP contribution in [0.25, 0.3) is 0 Å². The average molecular weight is 192 g/mol. The summed E-state index contributed by atoms with van der Waals surface area (Å²) in [5, 5.41) is 0. The molecule has 0 aromatic heterocycles. The molecule has 1 heterocycles. The third kappa shape index (κ3) is 1.68. The van der Waals surface area contributed by atoms with Crippen LogP contribution >= 0.6 is 0 Å². The number of ether oxygens (including phenoxy) is 1. The van der Waals surface area contributed by atoms with Gasteiger partial charge in [-0.15, -0.1) is 0 Å². The third-order valence-electron chi connectivity index (χ3n) is 2.61. The molecule has 3 nitrogen and oxygen atoms in total. The van der Waals surface area contributed by atoms with Crippen molar-refractivity contribution in [1.29, 1.82) is 0 Å². The molecular formula is C11H16N2O. The van der Waals surface area contributed by atoms with Gasteiger partial charge in [-0.3, -0.25) is 0 Å². The second kappa shape index (κ2) is 3.88. The van der Waals surface area contributed by atoms with E-state index in [0.29, 0.717) is 6.67 Å². The number of nitrogens with two attached hydrogens (primary N) is 1. The van der Waals surface area contributed by atoms with Crippen molar-refractivity contribution in [2.75, 3.05) is 25.2 Å². The standard InChI is InChI=1S/C11H16N2O/c1-13(8-12)10-4-5-11-9(7-10)3-2-6-14-11/h4-5,7H,2-3,6,8,12H2,1H3. The van der Waals surface area contributed by atoms with Crippen molar-refractivity contribution in [3.63, 3.8) is 0 Å². The minimum Gasteiger partial charge on any atom is -0.493 e. The Kier molecular flexibility index (Phi) is 2.59. The lowest BCUT2D eigenvalue weighted by molar-refractivity contribution is 0.288. The number of nitrogens with zero attached hydrogens (tertiary/aromatic N) is 1. The van der Waals surface area contributed by atoms with Crippen LogP contribution in [0.4, 0.5) is 5.69 Å². The summed E-state index contributed by atoms with van der Waals surface area (Å²) in [6, 6.07) is 6.26. The Bertz CT molecular complexity index is 325. The zero-order chi connectivity index (χ0) is 9.97. The molecule has 3 heteroatoms. The molecule has 1 aromatic rings. The van der Waals surface area contributed by atoms with Crippen LogP contribution in [0, 0.1) is 0 Å². The normalized spacial score (nSPS) is 14.4. The third-order valence-corrected chi connectivity index (χ3v) is 2.61. The van der Waals surface area contributed by atoms with Crippen molar-refractivity contribution in [2.45, 2.75) is 12.8 Å². The van der Waals surface area contributed by atoms with E-state index in [4.69, 9.17) is 10.5 Å². The molecule has 2 N–H and O–H groups in total. The maximum Gasteiger partial charge on any atom is 0.122 e. The predicted octanol–water partition coefficient (Wildman–Crippen LogP) is 1.36. The molecule has 0 saturated carbocycles. The fourth-order valence-corrected chi connectivity index (χ4v) is 1.69. The highest BCUT2D eigenvalue weighted by Crippen LogP contribution is 2.28. The maximum atomic E-state index is 5.57. The quantitative estimate of drug-likeness (QED) is 0.719. The molecule has 0 fully saturated rings. The molecule has 0 bridgehead atoms. The van der Waals surface area contributed by atoms with E-state index in [1.165, 1.54) is 5.56 Å². The number of fused-ring (bicyclic) bond motifs is 1. The second-order valence-electron chi connectivity index (χ2n) is 3.62. The highest BCUT2D eigenvalue weighted by atomic mass is 16.5. The molecular weight excluding hydrogens is 176 g/mol. The van der Waals surface area contributed by atoms with Gasteiger partial charge in [-0.25, -0.2) is 0 Å². The Labute approximate surface area is 84.5 Å². The lowest BCUT2D eigenvalue weighted by Crippen LogP contribution is -2.25. The number of anilines is 1. The maximum absolute atomic E-state index is 5.57. The van der Waals surface area contributed by atoms with E-state index < -0.39 is 0 Å². The van der Waals surface area contributed by atoms with Crippen molar-refractivity contribution in [1.82, 2.24) is 0 Å². The number of aryl methyl sites for hydroxylation is 1. The van der Waals surface area contributed by atoms with Gasteiger partial charge in [0, 0.05) is 12.7 Å². The first-order chi connectivity index (χ1) is 6.81. The number of hydrogen-bond acceptors (Lipinski definition) is 3. The van der Waals surface area contributed by atoms with E-state index in [2.05, 4.69) is 12.1 Å². The van der Waals surface area contributed by atoms with Gasteiger partial charge >= 0.3 is 0 Å². The van der Waals surface area contributed by atoms with Gasteiger partial charge in [-0.2, -0.15) is 0 Å². The first-order valence-corrected chi connectivity index (χ1v) is 4.98. The Morgan fingerprint density at radius 1 is 1.50 bits per heavy atom. The molecule has 0 spiro atoms. The Morgan fingerprint density at radius 3 is 3.14 bits per heavy atom. The second-order valence-corrected chi connectivity index (χ2v) is 3.62. The van der Waals surface area contributed by atoms with E-state index >= 15 is 0 Å². The largest absolute Gasteiger partial charge is 0.493 e. The lowest BCUT2D eigenvalue weighted by Gasteiger charge is -2.21.